The molecule has 162 valence electrons. The maximum atomic E-state index is 14.3. The molecule has 2 aromatic rings. The first-order valence-corrected chi connectivity index (χ1v) is 8.83. The quantitative estimate of drug-likeness (QED) is 0.745. The number of hydrogen-bond donors (Lipinski definition) is 1. The summed E-state index contributed by atoms with van der Waals surface area (Å²) in [6.45, 7) is 2.05. The molecule has 1 fully saturated rings. The van der Waals surface area contributed by atoms with Crippen molar-refractivity contribution in [3.05, 3.63) is 48.1 Å². The summed E-state index contributed by atoms with van der Waals surface area (Å²) in [6.07, 6.45) is -2.80. The van der Waals surface area contributed by atoms with Crippen LogP contribution in [0.4, 0.5) is 27.6 Å². The van der Waals surface area contributed by atoms with E-state index in [1.54, 1.807) is 0 Å². The fourth-order valence-electron chi connectivity index (χ4n) is 3.62. The molecule has 30 heavy (non-hydrogen) atoms. The van der Waals surface area contributed by atoms with E-state index in [4.69, 9.17) is 9.47 Å². The van der Waals surface area contributed by atoms with Crippen LogP contribution in [0.3, 0.4) is 0 Å². The molecule has 1 amide bonds. The average molecular weight is 431 g/mol. The van der Waals surface area contributed by atoms with Crippen LogP contribution in [0.1, 0.15) is 25.3 Å². The number of benzene rings is 1. The zero-order valence-electron chi connectivity index (χ0n) is 16.1. The van der Waals surface area contributed by atoms with E-state index in [1.165, 1.54) is 25.6 Å². The van der Waals surface area contributed by atoms with Gasteiger partial charge in [0.2, 0.25) is 5.82 Å². The van der Waals surface area contributed by atoms with Crippen molar-refractivity contribution in [3.8, 4) is 5.75 Å². The fraction of sp³-hybridized carbons (Fsp3) is 0.421. The van der Waals surface area contributed by atoms with E-state index >= 15 is 0 Å². The molecule has 2 heterocycles. The van der Waals surface area contributed by atoms with Gasteiger partial charge >= 0.3 is 6.18 Å². The Hall–Kier alpha value is -2.82. The number of ether oxygens (including phenoxy) is 2. The highest BCUT2D eigenvalue weighted by Crippen LogP contribution is 2.54. The van der Waals surface area contributed by atoms with Crippen molar-refractivity contribution in [2.75, 3.05) is 12.4 Å². The molecule has 1 N–H and O–H groups in total. The van der Waals surface area contributed by atoms with E-state index in [9.17, 15) is 26.7 Å². The first-order valence-electron chi connectivity index (χ1n) is 8.83. The van der Waals surface area contributed by atoms with E-state index in [0.717, 1.165) is 26.2 Å². The molecule has 1 aliphatic heterocycles. The van der Waals surface area contributed by atoms with Gasteiger partial charge in [0.1, 0.15) is 12.4 Å². The van der Waals surface area contributed by atoms with Crippen molar-refractivity contribution < 1.29 is 36.2 Å². The van der Waals surface area contributed by atoms with Crippen molar-refractivity contribution in [2.45, 2.75) is 37.6 Å². The highest BCUT2D eigenvalue weighted by atomic mass is 19.4. The predicted molar refractivity (Wildman–Crippen MR) is 94.8 cm³/mol. The molecule has 1 aromatic carbocycles. The minimum atomic E-state index is -4.83. The van der Waals surface area contributed by atoms with Crippen LogP contribution in [0.25, 0.3) is 0 Å². The third kappa shape index (κ3) is 3.57. The van der Waals surface area contributed by atoms with Crippen molar-refractivity contribution >= 4 is 11.6 Å². The summed E-state index contributed by atoms with van der Waals surface area (Å²) >= 11 is 0. The summed E-state index contributed by atoms with van der Waals surface area (Å²) < 4.78 is 79.6. The van der Waals surface area contributed by atoms with Gasteiger partial charge in [-0.3, -0.25) is 4.79 Å². The largest absolute Gasteiger partial charge is 0.493 e. The third-order valence-corrected chi connectivity index (χ3v) is 5.40. The second kappa shape index (κ2) is 7.78. The van der Waals surface area contributed by atoms with Crippen molar-refractivity contribution in [1.82, 2.24) is 9.97 Å². The highest BCUT2D eigenvalue weighted by Gasteiger charge is 2.65. The van der Waals surface area contributed by atoms with Gasteiger partial charge in [0.25, 0.3) is 5.91 Å². The number of alkyl halides is 3. The van der Waals surface area contributed by atoms with E-state index in [1.807, 2.05) is 0 Å². The molecule has 3 rings (SSSR count). The van der Waals surface area contributed by atoms with Gasteiger partial charge in [-0.2, -0.15) is 17.6 Å². The Morgan fingerprint density at radius 1 is 1.23 bits per heavy atom. The highest BCUT2D eigenvalue weighted by molar-refractivity contribution is 5.95. The molecule has 0 bridgehead atoms. The maximum Gasteiger partial charge on any atom is 0.417 e. The van der Waals surface area contributed by atoms with Crippen LogP contribution < -0.4 is 10.1 Å². The smallest absolute Gasteiger partial charge is 0.417 e. The molecular formula is C19H18F5N3O3. The molecule has 11 heteroatoms. The molecule has 0 saturated carbocycles. The molecule has 0 radical (unpaired) electrons. The number of amides is 1. The Morgan fingerprint density at radius 2 is 1.87 bits per heavy atom. The van der Waals surface area contributed by atoms with Gasteiger partial charge in [-0.1, -0.05) is 13.0 Å². The third-order valence-electron chi connectivity index (χ3n) is 5.40. The predicted octanol–water partition coefficient (Wildman–Crippen LogP) is 3.84. The van der Waals surface area contributed by atoms with Crippen molar-refractivity contribution in [1.29, 1.82) is 0 Å². The molecule has 4 atom stereocenters. The molecule has 0 spiro atoms. The van der Waals surface area contributed by atoms with Crippen molar-refractivity contribution in [3.63, 3.8) is 0 Å². The van der Waals surface area contributed by atoms with Gasteiger partial charge in [-0.25, -0.2) is 14.4 Å². The summed E-state index contributed by atoms with van der Waals surface area (Å²) in [7, 11) is 1.06. The number of nitrogens with zero attached hydrogens (tertiary/aromatic N) is 2. The Morgan fingerprint density at radius 3 is 2.43 bits per heavy atom. The minimum absolute atomic E-state index is 0.110. The van der Waals surface area contributed by atoms with Crippen LogP contribution in [0.15, 0.2) is 30.9 Å². The Bertz CT molecular complexity index is 941. The standard InChI is InChI=1S/C19H18F5N3O3/c1-9-13(11-4-5-12(20)14(21)15(11)29-3)16(30-18(9,2)19(22,23)24)17(28)27-10-6-25-8-26-7-10/h4-9,13,16H,1-3H3,(H,27,28)/t9-,13-,16+,18+/m1/s1. The van der Waals surface area contributed by atoms with E-state index in [0.29, 0.717) is 0 Å². The topological polar surface area (TPSA) is 73.3 Å². The Balaban J connectivity index is 2.09. The van der Waals surface area contributed by atoms with Gasteiger partial charge < -0.3 is 14.8 Å². The molecule has 0 unspecified atom stereocenters. The van der Waals surface area contributed by atoms with Crippen LogP contribution in [-0.4, -0.2) is 40.9 Å². The van der Waals surface area contributed by atoms with Crippen LogP contribution in [0, 0.1) is 17.6 Å². The number of hydrogen-bond acceptors (Lipinski definition) is 5. The Labute approximate surface area is 168 Å². The molecule has 1 saturated heterocycles. The normalized spacial score (nSPS) is 26.5. The minimum Gasteiger partial charge on any atom is -0.493 e. The lowest BCUT2D eigenvalue weighted by Crippen LogP contribution is -2.47. The molecule has 6 nitrogen and oxygen atoms in total. The second-order valence-corrected chi connectivity index (χ2v) is 7.06. The summed E-state index contributed by atoms with van der Waals surface area (Å²) in [5.74, 6) is -6.71. The van der Waals surface area contributed by atoms with Crippen LogP contribution in [0.2, 0.25) is 0 Å². The van der Waals surface area contributed by atoms with Gasteiger partial charge in [0, 0.05) is 17.4 Å². The lowest BCUT2D eigenvalue weighted by Gasteiger charge is -2.32. The second-order valence-electron chi connectivity index (χ2n) is 7.06. The molecule has 1 aliphatic rings. The summed E-state index contributed by atoms with van der Waals surface area (Å²) in [4.78, 5) is 20.3. The zero-order chi connectivity index (χ0) is 22.3. The number of carbonyl (C=O) groups excluding carboxylic acids is 1. The lowest BCUT2D eigenvalue weighted by atomic mass is 9.77. The molecule has 1 aromatic heterocycles. The maximum absolute atomic E-state index is 14.3. The van der Waals surface area contributed by atoms with Crippen LogP contribution >= 0.6 is 0 Å². The number of methoxy groups -OCH3 is 1. The zero-order valence-corrected chi connectivity index (χ0v) is 16.1. The van der Waals surface area contributed by atoms with Gasteiger partial charge in [-0.15, -0.1) is 0 Å². The van der Waals surface area contributed by atoms with E-state index < -0.39 is 53.0 Å². The lowest BCUT2D eigenvalue weighted by molar-refractivity contribution is -0.272. The molecule has 0 aliphatic carbocycles. The first-order chi connectivity index (χ1) is 14.0. The molecular weight excluding hydrogens is 413 g/mol. The summed E-state index contributed by atoms with van der Waals surface area (Å²) in [6, 6.07) is 1.86. The number of nitrogens with one attached hydrogen (secondary N) is 1. The monoisotopic (exact) mass is 431 g/mol. The average Bonchev–Trinajstić information content (AvgIpc) is 2.97. The van der Waals surface area contributed by atoms with E-state index in [2.05, 4.69) is 15.3 Å². The van der Waals surface area contributed by atoms with E-state index in [-0.39, 0.29) is 11.3 Å². The van der Waals surface area contributed by atoms with Gasteiger partial charge in [-0.05, 0) is 13.0 Å². The van der Waals surface area contributed by atoms with Crippen LogP contribution in [-0.2, 0) is 9.53 Å². The number of anilines is 1. The number of carbonyl (C=O) groups is 1. The van der Waals surface area contributed by atoms with Crippen LogP contribution in [0.5, 0.6) is 5.75 Å². The number of halogens is 5. The first kappa shape index (κ1) is 21.9. The van der Waals surface area contributed by atoms with Crippen molar-refractivity contribution in [2.24, 2.45) is 5.92 Å². The number of rotatable bonds is 4. The Kier molecular flexibility index (Phi) is 5.68. The summed E-state index contributed by atoms with van der Waals surface area (Å²) in [5.41, 5.74) is -2.69. The SMILES string of the molecule is COc1c([C@@H]2[C@@H](C(=O)Nc3cncnc3)O[C@](C)(C(F)(F)F)[C@@H]2C)ccc(F)c1F. The fourth-order valence-corrected chi connectivity index (χ4v) is 3.62. The van der Waals surface area contributed by atoms with Gasteiger partial charge in [0.15, 0.2) is 17.2 Å². The summed E-state index contributed by atoms with van der Waals surface area (Å²) in [5, 5.41) is 2.39. The van der Waals surface area contributed by atoms with Gasteiger partial charge in [0.05, 0.1) is 25.2 Å². The number of aromatic nitrogens is 2.